The molecule has 0 saturated heterocycles. The van der Waals surface area contributed by atoms with Gasteiger partial charge in [-0.05, 0) is 56.4 Å². The molecule has 96 valence electrons. The van der Waals surface area contributed by atoms with Crippen LogP contribution in [0.2, 0.25) is 0 Å². The molecule has 0 aliphatic carbocycles. The van der Waals surface area contributed by atoms with Crippen molar-refractivity contribution >= 4 is 0 Å². The van der Waals surface area contributed by atoms with E-state index in [4.69, 9.17) is 9.84 Å². The number of aryl methyl sites for hydroxylation is 2. The smallest absolute Gasteiger partial charge is 0.124 e. The molecule has 0 aliphatic heterocycles. The summed E-state index contributed by atoms with van der Waals surface area (Å²) in [5.74, 6) is 0.740. The fourth-order valence-corrected chi connectivity index (χ4v) is 1.85. The van der Waals surface area contributed by atoms with Gasteiger partial charge in [0.25, 0.3) is 0 Å². The summed E-state index contributed by atoms with van der Waals surface area (Å²) in [5, 5.41) is 18.8. The highest BCUT2D eigenvalue weighted by molar-refractivity contribution is 5.42. The molecular weight excluding hydrogens is 216 g/mol. The number of methoxy groups -OCH3 is 1. The van der Waals surface area contributed by atoms with Crippen molar-refractivity contribution in [3.8, 4) is 5.75 Å². The maximum Gasteiger partial charge on any atom is 0.124 e. The lowest BCUT2D eigenvalue weighted by molar-refractivity contribution is 0.155. The van der Waals surface area contributed by atoms with Crippen molar-refractivity contribution in [2.45, 2.75) is 39.2 Å². The lowest BCUT2D eigenvalue weighted by Crippen LogP contribution is -2.02. The molecule has 0 amide bonds. The quantitative estimate of drug-likeness (QED) is 0.749. The molecule has 3 nitrogen and oxygen atoms in total. The highest BCUT2D eigenvalue weighted by Gasteiger charge is 2.14. The van der Waals surface area contributed by atoms with Crippen molar-refractivity contribution in [3.05, 3.63) is 28.8 Å². The number of unbranched alkanes of at least 4 members (excludes halogenated alkanes) is 1. The highest BCUT2D eigenvalue weighted by Crippen LogP contribution is 2.30. The van der Waals surface area contributed by atoms with Crippen LogP contribution in [0.25, 0.3) is 0 Å². The predicted molar refractivity (Wildman–Crippen MR) is 68.4 cm³/mol. The Bertz CT molecular complexity index is 361. The molecule has 3 heteroatoms. The van der Waals surface area contributed by atoms with E-state index in [1.165, 1.54) is 0 Å². The van der Waals surface area contributed by atoms with Gasteiger partial charge in [-0.3, -0.25) is 0 Å². The predicted octanol–water partition coefficient (Wildman–Crippen LogP) is 2.51. The van der Waals surface area contributed by atoms with Gasteiger partial charge in [-0.2, -0.15) is 0 Å². The molecule has 17 heavy (non-hydrogen) atoms. The van der Waals surface area contributed by atoms with Gasteiger partial charge in [-0.15, -0.1) is 0 Å². The maximum absolute atomic E-state index is 10.1. The first-order chi connectivity index (χ1) is 8.10. The van der Waals surface area contributed by atoms with Crippen LogP contribution in [-0.2, 0) is 0 Å². The summed E-state index contributed by atoms with van der Waals surface area (Å²) in [6.07, 6.45) is 1.67. The first kappa shape index (κ1) is 14.0. The van der Waals surface area contributed by atoms with Crippen molar-refractivity contribution in [1.82, 2.24) is 0 Å². The zero-order valence-electron chi connectivity index (χ0n) is 10.9. The molecule has 1 aromatic carbocycles. The molecule has 0 heterocycles. The number of aliphatic hydroxyl groups is 2. The number of hydrogen-bond donors (Lipinski definition) is 2. The van der Waals surface area contributed by atoms with Gasteiger partial charge in [-0.1, -0.05) is 0 Å². The van der Waals surface area contributed by atoms with Gasteiger partial charge in [0.15, 0.2) is 0 Å². The van der Waals surface area contributed by atoms with Crippen LogP contribution < -0.4 is 4.74 Å². The van der Waals surface area contributed by atoms with E-state index in [1.54, 1.807) is 7.11 Å². The maximum atomic E-state index is 10.1. The fourth-order valence-electron chi connectivity index (χ4n) is 1.85. The molecule has 1 rings (SSSR count). The minimum absolute atomic E-state index is 0.177. The minimum Gasteiger partial charge on any atom is -0.496 e. The zero-order valence-corrected chi connectivity index (χ0v) is 10.9. The van der Waals surface area contributed by atoms with E-state index in [-0.39, 0.29) is 6.61 Å². The third-order valence-electron chi connectivity index (χ3n) is 3.09. The monoisotopic (exact) mass is 238 g/mol. The molecule has 1 atom stereocenters. The molecule has 1 unspecified atom stereocenters. The number of hydrogen-bond acceptors (Lipinski definition) is 3. The van der Waals surface area contributed by atoms with Crippen molar-refractivity contribution in [1.29, 1.82) is 0 Å². The average Bonchev–Trinajstić information content (AvgIpc) is 2.32. The fraction of sp³-hybridized carbons (Fsp3) is 0.571. The van der Waals surface area contributed by atoms with E-state index < -0.39 is 6.10 Å². The van der Waals surface area contributed by atoms with Crippen LogP contribution in [0.15, 0.2) is 12.1 Å². The Labute approximate surface area is 103 Å². The van der Waals surface area contributed by atoms with Crippen LogP contribution in [-0.4, -0.2) is 23.9 Å². The van der Waals surface area contributed by atoms with Crippen LogP contribution in [0.4, 0.5) is 0 Å². The van der Waals surface area contributed by atoms with Crippen LogP contribution in [0.1, 0.15) is 42.1 Å². The number of rotatable bonds is 6. The first-order valence-electron chi connectivity index (χ1n) is 6.04. The van der Waals surface area contributed by atoms with Crippen LogP contribution in [0, 0.1) is 13.8 Å². The van der Waals surface area contributed by atoms with Gasteiger partial charge in [-0.25, -0.2) is 0 Å². The molecule has 0 aromatic heterocycles. The number of aliphatic hydroxyl groups excluding tert-OH is 2. The van der Waals surface area contributed by atoms with Crippen LogP contribution in [0.5, 0.6) is 5.75 Å². The molecule has 0 fully saturated rings. The van der Waals surface area contributed by atoms with E-state index in [9.17, 15) is 5.11 Å². The normalized spacial score (nSPS) is 12.5. The highest BCUT2D eigenvalue weighted by atomic mass is 16.5. The summed E-state index contributed by atoms with van der Waals surface area (Å²) in [5.41, 5.74) is 3.16. The van der Waals surface area contributed by atoms with Gasteiger partial charge >= 0.3 is 0 Å². The minimum atomic E-state index is -0.518. The second kappa shape index (κ2) is 6.62. The first-order valence-corrected chi connectivity index (χ1v) is 6.04. The molecule has 0 aliphatic rings. The molecule has 0 saturated carbocycles. The third kappa shape index (κ3) is 3.72. The Balaban J connectivity index is 2.84. The number of benzene rings is 1. The SMILES string of the molecule is COc1cc(C)c(C)cc1C(O)CCCCO. The zero-order chi connectivity index (χ0) is 12.8. The number of ether oxygens (including phenoxy) is 1. The Kier molecular flexibility index (Phi) is 5.45. The summed E-state index contributed by atoms with van der Waals surface area (Å²) in [6.45, 7) is 4.23. The van der Waals surface area contributed by atoms with Gasteiger partial charge in [0.2, 0.25) is 0 Å². The topological polar surface area (TPSA) is 49.7 Å². The molecule has 2 N–H and O–H groups in total. The van der Waals surface area contributed by atoms with E-state index >= 15 is 0 Å². The summed E-state index contributed by atoms with van der Waals surface area (Å²) in [6, 6.07) is 3.94. The standard InChI is InChI=1S/C14H22O3/c1-10-8-12(13(16)6-4-5-7-15)14(17-3)9-11(10)2/h8-9,13,15-16H,4-7H2,1-3H3. The Morgan fingerprint density at radius 1 is 1.18 bits per heavy atom. The van der Waals surface area contributed by atoms with E-state index in [0.717, 1.165) is 35.3 Å². The van der Waals surface area contributed by atoms with Gasteiger partial charge in [0.05, 0.1) is 13.2 Å². The van der Waals surface area contributed by atoms with E-state index in [0.29, 0.717) is 6.42 Å². The summed E-state index contributed by atoms with van der Waals surface area (Å²) >= 11 is 0. The van der Waals surface area contributed by atoms with Gasteiger partial charge < -0.3 is 14.9 Å². The molecule has 1 aromatic rings. The van der Waals surface area contributed by atoms with Crippen LogP contribution in [0.3, 0.4) is 0 Å². The summed E-state index contributed by atoms with van der Waals surface area (Å²) in [7, 11) is 1.62. The Morgan fingerprint density at radius 2 is 1.82 bits per heavy atom. The largest absolute Gasteiger partial charge is 0.496 e. The van der Waals surface area contributed by atoms with Crippen molar-refractivity contribution < 1.29 is 14.9 Å². The van der Waals surface area contributed by atoms with Crippen molar-refractivity contribution in [2.75, 3.05) is 13.7 Å². The van der Waals surface area contributed by atoms with Crippen LogP contribution >= 0.6 is 0 Å². The van der Waals surface area contributed by atoms with E-state index in [2.05, 4.69) is 0 Å². The van der Waals surface area contributed by atoms with Gasteiger partial charge in [0.1, 0.15) is 5.75 Å². The Hall–Kier alpha value is -1.06. The molecule has 0 spiro atoms. The third-order valence-corrected chi connectivity index (χ3v) is 3.09. The second-order valence-corrected chi connectivity index (χ2v) is 4.41. The molecule has 0 bridgehead atoms. The summed E-state index contributed by atoms with van der Waals surface area (Å²) in [4.78, 5) is 0. The van der Waals surface area contributed by atoms with Crippen molar-refractivity contribution in [2.24, 2.45) is 0 Å². The lowest BCUT2D eigenvalue weighted by atomic mass is 9.98. The Morgan fingerprint density at radius 3 is 2.41 bits per heavy atom. The second-order valence-electron chi connectivity index (χ2n) is 4.41. The molecule has 0 radical (unpaired) electrons. The van der Waals surface area contributed by atoms with E-state index in [1.807, 2.05) is 26.0 Å². The molecular formula is C14H22O3. The van der Waals surface area contributed by atoms with Crippen molar-refractivity contribution in [3.63, 3.8) is 0 Å². The van der Waals surface area contributed by atoms with Gasteiger partial charge in [0, 0.05) is 12.2 Å². The summed E-state index contributed by atoms with van der Waals surface area (Å²) < 4.78 is 5.30. The lowest BCUT2D eigenvalue weighted by Gasteiger charge is -2.16. The average molecular weight is 238 g/mol.